The molecule has 0 spiro atoms. The predicted octanol–water partition coefficient (Wildman–Crippen LogP) is 17.7. The van der Waals surface area contributed by atoms with E-state index in [-0.39, 0.29) is 0 Å². The van der Waals surface area contributed by atoms with Gasteiger partial charge < -0.3 is 4.90 Å². The van der Waals surface area contributed by atoms with E-state index >= 15 is 0 Å². The fraction of sp³-hybridized carbons (Fsp3) is 0. The molecule has 0 saturated heterocycles. The Kier molecular flexibility index (Phi) is 8.62. The van der Waals surface area contributed by atoms with Crippen LogP contribution in [0.1, 0.15) is 0 Å². The number of rotatable bonds is 7. The minimum absolute atomic E-state index is 1.10. The summed E-state index contributed by atoms with van der Waals surface area (Å²) in [6.07, 6.45) is 0. The van der Waals surface area contributed by atoms with Crippen molar-refractivity contribution in [3.05, 3.63) is 224 Å². The van der Waals surface area contributed by atoms with Gasteiger partial charge in [0.25, 0.3) is 0 Å². The van der Waals surface area contributed by atoms with Crippen molar-refractivity contribution in [3.63, 3.8) is 0 Å². The van der Waals surface area contributed by atoms with Crippen LogP contribution in [0.4, 0.5) is 17.1 Å². The van der Waals surface area contributed by atoms with Gasteiger partial charge in [0.05, 0.1) is 0 Å². The van der Waals surface area contributed by atoms with Crippen molar-refractivity contribution in [2.45, 2.75) is 0 Å². The van der Waals surface area contributed by atoms with E-state index in [0.717, 1.165) is 17.1 Å². The highest BCUT2D eigenvalue weighted by atomic mass is 32.1. The summed E-state index contributed by atoms with van der Waals surface area (Å²) >= 11 is 3.74. The first kappa shape index (κ1) is 35.6. The summed E-state index contributed by atoms with van der Waals surface area (Å²) in [5.74, 6) is 0. The Morgan fingerprint density at radius 2 is 0.787 bits per heavy atom. The third-order valence-corrected chi connectivity index (χ3v) is 14.4. The maximum atomic E-state index is 2.40. The topological polar surface area (TPSA) is 3.24 Å². The molecule has 0 saturated carbocycles. The number of fused-ring (bicyclic) bond motifs is 7. The first-order valence-electron chi connectivity index (χ1n) is 20.7. The SMILES string of the molecule is c1cc(-c2cccc(N(c3ccc(-c4ccc5sc6ccccc6c5c4)cc3)c3cccc(-c4ccc5ccccc5c4)c3)c2)cc(-c2cccc3c2sc2ccccc23)c1. The van der Waals surface area contributed by atoms with E-state index in [1.165, 1.54) is 95.6 Å². The van der Waals surface area contributed by atoms with Crippen molar-refractivity contribution in [2.24, 2.45) is 0 Å². The predicted molar refractivity (Wildman–Crippen MR) is 266 cm³/mol. The van der Waals surface area contributed by atoms with Gasteiger partial charge in [-0.05, 0) is 128 Å². The van der Waals surface area contributed by atoms with Gasteiger partial charge in [0.2, 0.25) is 0 Å². The number of benzene rings is 10. The van der Waals surface area contributed by atoms with Crippen LogP contribution in [-0.2, 0) is 0 Å². The highest BCUT2D eigenvalue weighted by Crippen LogP contribution is 2.43. The molecular weight excluding hydrogens is 775 g/mol. The number of thiophene rings is 2. The molecule has 61 heavy (non-hydrogen) atoms. The molecule has 12 aromatic rings. The summed E-state index contributed by atoms with van der Waals surface area (Å²) < 4.78 is 5.30. The maximum absolute atomic E-state index is 2.40. The smallest absolute Gasteiger partial charge is 0.0467 e. The summed E-state index contributed by atoms with van der Waals surface area (Å²) in [5, 5.41) is 7.76. The van der Waals surface area contributed by atoms with E-state index in [4.69, 9.17) is 0 Å². The normalized spacial score (nSPS) is 11.6. The molecule has 3 heteroatoms. The average Bonchev–Trinajstić information content (AvgIpc) is 3.90. The molecule has 10 aromatic carbocycles. The second-order valence-electron chi connectivity index (χ2n) is 15.7. The molecule has 0 aliphatic heterocycles. The van der Waals surface area contributed by atoms with Gasteiger partial charge in [0.1, 0.15) is 0 Å². The van der Waals surface area contributed by atoms with E-state index in [9.17, 15) is 0 Å². The van der Waals surface area contributed by atoms with Crippen LogP contribution < -0.4 is 4.90 Å². The molecule has 12 rings (SSSR count). The Bertz CT molecular complexity index is 3610. The second-order valence-corrected chi connectivity index (χ2v) is 17.9. The summed E-state index contributed by atoms with van der Waals surface area (Å²) in [6, 6.07) is 82.5. The molecule has 2 heterocycles. The van der Waals surface area contributed by atoms with Gasteiger partial charge in [0, 0.05) is 57.4 Å². The average molecular weight is 812 g/mol. The fourth-order valence-corrected chi connectivity index (χ4v) is 11.3. The van der Waals surface area contributed by atoms with Crippen molar-refractivity contribution in [1.82, 2.24) is 0 Å². The lowest BCUT2D eigenvalue weighted by atomic mass is 9.97. The minimum atomic E-state index is 1.10. The summed E-state index contributed by atoms with van der Waals surface area (Å²) in [6.45, 7) is 0. The highest BCUT2D eigenvalue weighted by molar-refractivity contribution is 7.26. The van der Waals surface area contributed by atoms with Crippen molar-refractivity contribution in [2.75, 3.05) is 4.90 Å². The van der Waals surface area contributed by atoms with Gasteiger partial charge in [-0.3, -0.25) is 0 Å². The van der Waals surface area contributed by atoms with Crippen LogP contribution in [0, 0.1) is 0 Å². The Balaban J connectivity index is 0.958. The van der Waals surface area contributed by atoms with E-state index in [2.05, 4.69) is 229 Å². The van der Waals surface area contributed by atoms with Gasteiger partial charge in [-0.1, -0.05) is 152 Å². The molecule has 0 radical (unpaired) electrons. The summed E-state index contributed by atoms with van der Waals surface area (Å²) in [5.41, 5.74) is 13.0. The standard InChI is InChI=1S/C58H37NS2/c1-2-12-40-33-44(26-25-38(40)11-1)43-15-9-18-49(36-43)59(47-30-27-39(28-31-47)45-29-32-57-54(37-45)52-20-4-5-23-55(52)60-57)48-17-8-14-42(35-48)41-13-7-16-46(34-41)50-21-10-22-53-51-19-3-6-24-56(51)61-58(50)53/h1-37H. The van der Waals surface area contributed by atoms with E-state index in [1.807, 2.05) is 22.7 Å². The zero-order valence-corrected chi connectivity index (χ0v) is 34.8. The van der Waals surface area contributed by atoms with Crippen LogP contribution in [0.5, 0.6) is 0 Å². The Labute approximate surface area is 362 Å². The lowest BCUT2D eigenvalue weighted by molar-refractivity contribution is 1.28. The van der Waals surface area contributed by atoms with Crippen molar-refractivity contribution < 1.29 is 0 Å². The molecule has 286 valence electrons. The molecule has 2 aromatic heterocycles. The van der Waals surface area contributed by atoms with E-state index in [0.29, 0.717) is 0 Å². The number of nitrogens with zero attached hydrogens (tertiary/aromatic N) is 1. The van der Waals surface area contributed by atoms with Crippen LogP contribution in [0.2, 0.25) is 0 Å². The number of hydrogen-bond donors (Lipinski definition) is 0. The van der Waals surface area contributed by atoms with Gasteiger partial charge in [-0.25, -0.2) is 0 Å². The minimum Gasteiger partial charge on any atom is -0.310 e. The molecule has 0 amide bonds. The van der Waals surface area contributed by atoms with Gasteiger partial charge >= 0.3 is 0 Å². The van der Waals surface area contributed by atoms with Crippen molar-refractivity contribution in [1.29, 1.82) is 0 Å². The van der Waals surface area contributed by atoms with E-state index < -0.39 is 0 Å². The van der Waals surface area contributed by atoms with Crippen LogP contribution in [-0.4, -0.2) is 0 Å². The van der Waals surface area contributed by atoms with Crippen LogP contribution in [0.3, 0.4) is 0 Å². The van der Waals surface area contributed by atoms with Crippen LogP contribution in [0.15, 0.2) is 224 Å². The van der Waals surface area contributed by atoms with Gasteiger partial charge in [-0.2, -0.15) is 0 Å². The Morgan fingerprint density at radius 3 is 1.56 bits per heavy atom. The van der Waals surface area contributed by atoms with Gasteiger partial charge in [-0.15, -0.1) is 22.7 Å². The zero-order valence-electron chi connectivity index (χ0n) is 33.1. The summed E-state index contributed by atoms with van der Waals surface area (Å²) in [4.78, 5) is 2.40. The quantitative estimate of drug-likeness (QED) is 0.155. The maximum Gasteiger partial charge on any atom is 0.0467 e. The Morgan fingerprint density at radius 1 is 0.262 bits per heavy atom. The number of hydrogen-bond acceptors (Lipinski definition) is 3. The molecule has 0 bridgehead atoms. The number of anilines is 3. The first-order chi connectivity index (χ1) is 30.2. The largest absolute Gasteiger partial charge is 0.310 e. The molecule has 1 nitrogen and oxygen atoms in total. The molecule has 0 atom stereocenters. The van der Waals surface area contributed by atoms with Crippen LogP contribution in [0.25, 0.3) is 95.6 Å². The molecule has 0 fully saturated rings. The van der Waals surface area contributed by atoms with Crippen molar-refractivity contribution >= 4 is 90.9 Å². The highest BCUT2D eigenvalue weighted by Gasteiger charge is 2.17. The molecule has 0 aliphatic carbocycles. The fourth-order valence-electron chi connectivity index (χ4n) is 9.01. The second kappa shape index (κ2) is 14.8. The van der Waals surface area contributed by atoms with E-state index in [1.54, 1.807) is 0 Å². The monoisotopic (exact) mass is 811 g/mol. The van der Waals surface area contributed by atoms with Crippen molar-refractivity contribution in [3.8, 4) is 44.5 Å². The summed E-state index contributed by atoms with van der Waals surface area (Å²) in [7, 11) is 0. The third-order valence-electron chi connectivity index (χ3n) is 12.0. The lowest BCUT2D eigenvalue weighted by Gasteiger charge is -2.27. The molecule has 0 aliphatic rings. The molecule has 0 N–H and O–H groups in total. The third kappa shape index (κ3) is 6.38. The van der Waals surface area contributed by atoms with Crippen LogP contribution >= 0.6 is 22.7 Å². The first-order valence-corrected chi connectivity index (χ1v) is 22.4. The molecule has 0 unspecified atom stereocenters. The molecular formula is C58H37NS2. The lowest BCUT2D eigenvalue weighted by Crippen LogP contribution is -2.10. The zero-order chi connectivity index (χ0) is 40.3. The van der Waals surface area contributed by atoms with Gasteiger partial charge in [0.15, 0.2) is 0 Å². The Hall–Kier alpha value is -7.30.